The van der Waals surface area contributed by atoms with Crippen molar-refractivity contribution in [2.45, 2.75) is 218 Å². The minimum Gasteiger partial charge on any atom is -0.481 e. The Bertz CT molecular complexity index is 1860. The fourth-order valence-electron chi connectivity index (χ4n) is 15.1. The van der Waals surface area contributed by atoms with E-state index in [9.17, 15) is 60.7 Å². The molecule has 0 aromatic carbocycles. The van der Waals surface area contributed by atoms with E-state index in [1.54, 1.807) is 6.92 Å². The lowest BCUT2D eigenvalue weighted by molar-refractivity contribution is -0.362. The molecule has 10 N–H and O–H groups in total. The van der Waals surface area contributed by atoms with E-state index in [0.717, 1.165) is 5.57 Å². The molecule has 0 unspecified atom stereocenters. The van der Waals surface area contributed by atoms with Crippen LogP contribution in [-0.4, -0.2) is 168 Å². The number of fused-ring (bicyclic) bond motifs is 7. The third kappa shape index (κ3) is 7.57. The summed E-state index contributed by atoms with van der Waals surface area (Å²) in [6.45, 7) is 15.4. The molecular weight excluding hydrogens is 865 g/mol. The Hall–Kier alpha value is -1.88. The zero-order chi connectivity index (χ0) is 48.4. The number of aliphatic hydroxyl groups excluding tert-OH is 9. The van der Waals surface area contributed by atoms with Gasteiger partial charge < -0.3 is 79.5 Å². The van der Waals surface area contributed by atoms with Crippen LogP contribution in [0.2, 0.25) is 0 Å². The smallest absolute Gasteiger partial charge is 0.315 e. The van der Waals surface area contributed by atoms with Crippen LogP contribution in [0.15, 0.2) is 11.6 Å². The number of carboxylic acids is 1. The lowest BCUT2D eigenvalue weighted by Gasteiger charge is -2.70. The maximum absolute atomic E-state index is 14.7. The Balaban J connectivity index is 1.03. The molecule has 3 heterocycles. The van der Waals surface area contributed by atoms with Crippen LogP contribution >= 0.6 is 0 Å². The number of allylic oxidation sites excluding steroid dienone is 1. The van der Waals surface area contributed by atoms with E-state index in [0.29, 0.717) is 51.4 Å². The molecule has 3 saturated heterocycles. The van der Waals surface area contributed by atoms with E-state index in [-0.39, 0.29) is 35.5 Å². The van der Waals surface area contributed by atoms with E-state index >= 15 is 0 Å². The summed E-state index contributed by atoms with van der Waals surface area (Å²) in [7, 11) is 0. The minimum atomic E-state index is -1.77. The number of ether oxygens (including phenoxy) is 6. The van der Waals surface area contributed by atoms with Crippen molar-refractivity contribution in [3.63, 3.8) is 0 Å². The van der Waals surface area contributed by atoms with Crippen molar-refractivity contribution in [2.75, 3.05) is 6.61 Å². The van der Waals surface area contributed by atoms with Gasteiger partial charge in [-0.3, -0.25) is 9.59 Å². The molecule has 8 aliphatic rings. The highest BCUT2D eigenvalue weighted by Gasteiger charge is 2.73. The first-order chi connectivity index (χ1) is 30.7. The van der Waals surface area contributed by atoms with Crippen molar-refractivity contribution in [2.24, 2.45) is 50.2 Å². The highest BCUT2D eigenvalue weighted by molar-refractivity contribution is 5.85. The van der Waals surface area contributed by atoms with Crippen LogP contribution in [0.25, 0.3) is 0 Å². The maximum Gasteiger partial charge on any atom is 0.315 e. The summed E-state index contributed by atoms with van der Waals surface area (Å²) in [6, 6.07) is 0. The Morgan fingerprint density at radius 2 is 1.27 bits per heavy atom. The number of aliphatic hydroxyl groups is 9. The largest absolute Gasteiger partial charge is 0.481 e. The molecule has 23 atom stereocenters. The molecular formula is C48H76O18. The van der Waals surface area contributed by atoms with Crippen molar-refractivity contribution in [1.29, 1.82) is 0 Å². The number of esters is 1. The molecule has 0 radical (unpaired) electrons. The van der Waals surface area contributed by atoms with Gasteiger partial charge in [0.2, 0.25) is 6.29 Å². The van der Waals surface area contributed by atoms with Gasteiger partial charge in [-0.25, -0.2) is 0 Å². The molecule has 0 aromatic rings. The predicted octanol–water partition coefficient (Wildman–Crippen LogP) is 1.26. The minimum absolute atomic E-state index is 0.0558. The first-order valence-corrected chi connectivity index (χ1v) is 24.2. The highest BCUT2D eigenvalue weighted by atomic mass is 16.7. The lowest BCUT2D eigenvalue weighted by Crippen LogP contribution is -2.68. The molecule has 3 aliphatic heterocycles. The third-order valence-electron chi connectivity index (χ3n) is 19.0. The monoisotopic (exact) mass is 941 g/mol. The zero-order valence-electron chi connectivity index (χ0n) is 39.6. The number of carbonyl (C=O) groups is 2. The molecule has 0 aromatic heterocycles. The topological polar surface area (TPSA) is 292 Å². The summed E-state index contributed by atoms with van der Waals surface area (Å²) in [5, 5.41) is 107. The predicted molar refractivity (Wildman–Crippen MR) is 229 cm³/mol. The number of aliphatic carboxylic acids is 1. The Morgan fingerprint density at radius 1 is 0.667 bits per heavy atom. The zero-order valence-corrected chi connectivity index (χ0v) is 39.6. The summed E-state index contributed by atoms with van der Waals surface area (Å²) >= 11 is 0. The Morgan fingerprint density at radius 3 is 1.94 bits per heavy atom. The van der Waals surface area contributed by atoms with Gasteiger partial charge in [0.05, 0.1) is 35.7 Å². The third-order valence-corrected chi connectivity index (χ3v) is 19.0. The Labute approximate surface area is 386 Å². The quantitative estimate of drug-likeness (QED) is 0.0931. The Kier molecular flexibility index (Phi) is 13.4. The second-order valence-electron chi connectivity index (χ2n) is 23.3. The summed E-state index contributed by atoms with van der Waals surface area (Å²) in [5.41, 5.74) is -3.49. The van der Waals surface area contributed by atoms with Crippen LogP contribution in [-0.2, 0) is 38.0 Å². The van der Waals surface area contributed by atoms with Gasteiger partial charge in [-0.05, 0) is 117 Å². The van der Waals surface area contributed by atoms with Gasteiger partial charge >= 0.3 is 11.9 Å². The molecule has 7 fully saturated rings. The van der Waals surface area contributed by atoms with E-state index < -0.39 is 144 Å². The van der Waals surface area contributed by atoms with Crippen LogP contribution in [0.5, 0.6) is 0 Å². The first kappa shape index (κ1) is 50.5. The van der Waals surface area contributed by atoms with Crippen LogP contribution < -0.4 is 0 Å². The summed E-state index contributed by atoms with van der Waals surface area (Å²) in [4.78, 5) is 29.0. The van der Waals surface area contributed by atoms with Crippen LogP contribution in [0.1, 0.15) is 120 Å². The molecule has 0 bridgehead atoms. The molecule has 18 heteroatoms. The number of carboxylic acid groups (broad SMARTS) is 1. The van der Waals surface area contributed by atoms with Gasteiger partial charge in [0.25, 0.3) is 0 Å². The van der Waals surface area contributed by atoms with E-state index in [2.05, 4.69) is 47.6 Å². The first-order valence-electron chi connectivity index (χ1n) is 24.2. The van der Waals surface area contributed by atoms with Gasteiger partial charge in [0.15, 0.2) is 12.6 Å². The summed E-state index contributed by atoms with van der Waals surface area (Å²) in [5.74, 6) is -2.07. The fourth-order valence-corrected chi connectivity index (χ4v) is 15.1. The molecule has 8 rings (SSSR count). The fraction of sp³-hybridized carbons (Fsp3) is 0.917. The van der Waals surface area contributed by atoms with Crippen molar-refractivity contribution in [1.82, 2.24) is 0 Å². The van der Waals surface area contributed by atoms with Gasteiger partial charge in [0.1, 0.15) is 61.0 Å². The van der Waals surface area contributed by atoms with E-state index in [1.807, 2.05) is 0 Å². The van der Waals surface area contributed by atoms with Crippen LogP contribution in [0, 0.1) is 50.2 Å². The van der Waals surface area contributed by atoms with Crippen molar-refractivity contribution in [3.05, 3.63) is 11.6 Å². The van der Waals surface area contributed by atoms with Gasteiger partial charge in [-0.2, -0.15) is 0 Å². The number of carbonyl (C=O) groups excluding carboxylic acids is 1. The van der Waals surface area contributed by atoms with Gasteiger partial charge in [-0.15, -0.1) is 0 Å². The van der Waals surface area contributed by atoms with Crippen molar-refractivity contribution < 1.29 is 89.1 Å². The summed E-state index contributed by atoms with van der Waals surface area (Å²) in [6.07, 6.45) is -14.3. The lowest BCUT2D eigenvalue weighted by atomic mass is 9.33. The maximum atomic E-state index is 14.7. The number of rotatable bonds is 8. The normalized spacial score (nSPS) is 53.2. The molecule has 4 saturated carbocycles. The van der Waals surface area contributed by atoms with Crippen molar-refractivity contribution >= 4 is 11.9 Å². The van der Waals surface area contributed by atoms with Crippen molar-refractivity contribution in [3.8, 4) is 0 Å². The summed E-state index contributed by atoms with van der Waals surface area (Å²) < 4.78 is 35.8. The molecule has 376 valence electrons. The second-order valence-corrected chi connectivity index (χ2v) is 23.3. The van der Waals surface area contributed by atoms with Crippen LogP contribution in [0.3, 0.4) is 0 Å². The van der Waals surface area contributed by atoms with Gasteiger partial charge in [0, 0.05) is 0 Å². The van der Waals surface area contributed by atoms with E-state index in [1.165, 1.54) is 6.92 Å². The average Bonchev–Trinajstić information content (AvgIpc) is 3.25. The number of hydrogen-bond acceptors (Lipinski definition) is 17. The molecule has 66 heavy (non-hydrogen) atoms. The SMILES string of the molecule is C[C@H]1O[C@@H](O[C@@H]2[C@H](O)[C@@H](O)[C@H](O[C@H]3CC[C@]4(C)[C@H]5CC=C6[C@@H]7CC(C)(C)CC[C@]7(C(=O)O[C@@H]7O[C@H](CO)[C@@H](O)[C@H](O)[C@H]7O)CC[C@@]6(C(=O)O)[C@]5(C)CC[C@H]4C3(C)C)O[C@@H]2C)[C@H](O)[C@@H](O)[C@H]1O. The number of hydrogen-bond donors (Lipinski definition) is 10. The van der Waals surface area contributed by atoms with Crippen LogP contribution in [0.4, 0.5) is 0 Å². The molecule has 18 nitrogen and oxygen atoms in total. The van der Waals surface area contributed by atoms with Gasteiger partial charge in [-0.1, -0.05) is 53.2 Å². The second kappa shape index (κ2) is 17.5. The average molecular weight is 941 g/mol. The molecule has 0 amide bonds. The standard InChI is InChI=1S/C48H76O18/c1-21-29(50)31(52)34(55)39(61-21)65-37-22(2)62-38(36(57)33(37)54)64-28-12-13-45(7)26(44(28,5)6)11-14-46(8)27(45)10-9-23-24-19-43(3,4)15-16-47(24,17-18-48(23,46)41(58)59)42(60)66-40-35(56)32(53)30(51)25(20-49)63-40/h9,21-22,24-40,49-57H,10-20H2,1-8H3,(H,58,59)/t21-,22-,24+,25-,26+,27-,28+,29+,30-,31+,32+,33-,34-,35-,36-,37+,38+,39+,40+,45+,46-,47+,48-/m1/s1. The van der Waals surface area contributed by atoms with E-state index in [4.69, 9.17) is 28.4 Å². The highest BCUT2D eigenvalue weighted by Crippen LogP contribution is 2.76. The molecule has 5 aliphatic carbocycles. The molecule has 0 spiro atoms.